The number of phosphoric ester groups is 1. The fourth-order valence-electron chi connectivity index (χ4n) is 9.10. The maximum absolute atomic E-state index is 12.7. The number of esters is 2. The molecule has 2 unspecified atom stereocenters. The van der Waals surface area contributed by atoms with Crippen molar-refractivity contribution < 1.29 is 37.6 Å². The van der Waals surface area contributed by atoms with Crippen LogP contribution in [0.1, 0.15) is 271 Å². The monoisotopic (exact) mass is 1250 g/mol. The van der Waals surface area contributed by atoms with Crippen LogP contribution in [0.4, 0.5) is 0 Å². The van der Waals surface area contributed by atoms with Crippen molar-refractivity contribution in [3.63, 3.8) is 0 Å². The highest BCUT2D eigenvalue weighted by atomic mass is 31.2. The van der Waals surface area contributed by atoms with E-state index in [1.807, 2.05) is 0 Å². The maximum Gasteiger partial charge on any atom is 0.472 e. The third kappa shape index (κ3) is 72.1. The molecule has 0 aromatic heterocycles. The molecule has 0 aliphatic carbocycles. The lowest BCUT2D eigenvalue weighted by Gasteiger charge is -2.19. The molecule has 0 spiro atoms. The van der Waals surface area contributed by atoms with Crippen LogP contribution in [-0.4, -0.2) is 49.3 Å². The van der Waals surface area contributed by atoms with E-state index < -0.39 is 32.5 Å². The molecular weight excluding hydrogens is 1120 g/mol. The van der Waals surface area contributed by atoms with Crippen molar-refractivity contribution in [3.8, 4) is 0 Å². The van der Waals surface area contributed by atoms with Gasteiger partial charge in [0.2, 0.25) is 0 Å². The molecule has 2 atom stereocenters. The summed E-state index contributed by atoms with van der Waals surface area (Å²) >= 11 is 0. The maximum atomic E-state index is 12.7. The molecule has 0 amide bonds. The normalized spacial score (nSPS) is 14.1. The SMILES string of the molecule is CC/C=C\C/C=C\C/C=C\C/C=C\C/C=C\C/C=C\C/C=C\C/C=C\C/C=C\C/C=C\C/C=C\C/C=C\CCCCC(=O)OC(COC(=O)CCCCCCCCCCCCCCCC/C=C\C/C=C\C/C=C\CCCCCCC)COP(=O)(O)OCCN. The van der Waals surface area contributed by atoms with Crippen LogP contribution in [0.15, 0.2) is 182 Å². The van der Waals surface area contributed by atoms with E-state index in [0.29, 0.717) is 6.42 Å². The summed E-state index contributed by atoms with van der Waals surface area (Å²) in [5.74, 6) is -0.888. The molecule has 0 aliphatic rings. The van der Waals surface area contributed by atoms with Crippen molar-refractivity contribution in [2.45, 2.75) is 277 Å². The standard InChI is InChI=1S/C79H128NO8P/c1-3-5-7-9-11-13-15-17-19-21-23-25-27-29-31-33-34-35-36-37-38-39-40-41-42-44-46-48-50-52-54-56-58-60-62-64-66-68-70-72-79(82)88-77(76-87-89(83,84)86-74-73-80)75-85-78(81)71-69-67-65-63-61-59-57-55-53-51-49-47-45-43-32-30-28-26-24-22-20-18-16-14-12-10-8-6-4-2/h5,7,11,13,16-19,22-25,28-31,34-35,37-38,40-41,44,46,50,52,56,58,62,64,77H,3-4,6,8-10,12,14-15,20-21,26-27,32-33,36,39,42-43,45,47-49,51,53-55,57,59-61,63,65-76,80H2,1-2H3,(H,83,84)/b7-5-,13-11-,18-16-,19-17-,24-22-,25-23-,30-28-,31-29-,35-34-,38-37-,41-40-,46-44-,52-50-,58-56-,64-62-. The van der Waals surface area contributed by atoms with Crippen molar-refractivity contribution in [1.29, 1.82) is 0 Å². The van der Waals surface area contributed by atoms with Crippen molar-refractivity contribution in [3.05, 3.63) is 182 Å². The number of hydrogen-bond acceptors (Lipinski definition) is 8. The molecule has 9 nitrogen and oxygen atoms in total. The van der Waals surface area contributed by atoms with Crippen molar-refractivity contribution in [2.75, 3.05) is 26.4 Å². The van der Waals surface area contributed by atoms with Crippen molar-refractivity contribution >= 4 is 19.8 Å². The van der Waals surface area contributed by atoms with E-state index in [-0.39, 0.29) is 32.6 Å². The summed E-state index contributed by atoms with van der Waals surface area (Å²) in [6, 6.07) is 0. The Bertz CT molecular complexity index is 2110. The molecule has 0 aliphatic heterocycles. The molecule has 0 saturated heterocycles. The molecule has 0 aromatic rings. The molecule has 0 saturated carbocycles. The van der Waals surface area contributed by atoms with Gasteiger partial charge in [-0.05, 0) is 141 Å². The number of hydrogen-bond donors (Lipinski definition) is 2. The summed E-state index contributed by atoms with van der Waals surface area (Å²) in [5, 5.41) is 0. The molecule has 0 bridgehead atoms. The second kappa shape index (κ2) is 72.2. The Kier molecular flexibility index (Phi) is 68.2. The van der Waals surface area contributed by atoms with Crippen LogP contribution in [0.5, 0.6) is 0 Å². The fourth-order valence-corrected chi connectivity index (χ4v) is 9.86. The van der Waals surface area contributed by atoms with Crippen LogP contribution in [-0.2, 0) is 32.7 Å². The highest BCUT2D eigenvalue weighted by molar-refractivity contribution is 7.47. The third-order valence-electron chi connectivity index (χ3n) is 14.3. The first-order valence-corrected chi connectivity index (χ1v) is 36.8. The quantitative estimate of drug-likeness (QED) is 0.0264. The Morgan fingerprint density at radius 3 is 0.944 bits per heavy atom. The van der Waals surface area contributed by atoms with E-state index in [9.17, 15) is 19.0 Å². The van der Waals surface area contributed by atoms with Gasteiger partial charge in [0, 0.05) is 19.4 Å². The number of carbonyl (C=O) groups excluding carboxylic acids is 2. The van der Waals surface area contributed by atoms with Crippen LogP contribution >= 0.6 is 7.82 Å². The van der Waals surface area contributed by atoms with Gasteiger partial charge in [0.15, 0.2) is 6.10 Å². The minimum atomic E-state index is -4.42. The minimum absolute atomic E-state index is 0.0369. The average molecular weight is 1250 g/mol. The van der Waals surface area contributed by atoms with Crippen LogP contribution in [0, 0.1) is 0 Å². The number of nitrogens with two attached hydrogens (primary N) is 1. The number of allylic oxidation sites excluding steroid dienone is 30. The highest BCUT2D eigenvalue weighted by Gasteiger charge is 2.26. The molecule has 89 heavy (non-hydrogen) atoms. The molecule has 502 valence electrons. The van der Waals surface area contributed by atoms with E-state index in [2.05, 4.69) is 196 Å². The summed E-state index contributed by atoms with van der Waals surface area (Å²) < 4.78 is 33.1. The van der Waals surface area contributed by atoms with Crippen LogP contribution in [0.2, 0.25) is 0 Å². The summed E-state index contributed by atoms with van der Waals surface area (Å²) in [5.41, 5.74) is 5.40. The Morgan fingerprint density at radius 1 is 0.348 bits per heavy atom. The van der Waals surface area contributed by atoms with E-state index in [1.54, 1.807) is 0 Å². The van der Waals surface area contributed by atoms with Gasteiger partial charge in [-0.25, -0.2) is 4.57 Å². The minimum Gasteiger partial charge on any atom is -0.462 e. The second-order valence-electron chi connectivity index (χ2n) is 22.7. The lowest BCUT2D eigenvalue weighted by atomic mass is 10.0. The van der Waals surface area contributed by atoms with Crippen LogP contribution in [0.3, 0.4) is 0 Å². The van der Waals surface area contributed by atoms with Gasteiger partial charge >= 0.3 is 19.8 Å². The zero-order chi connectivity index (χ0) is 64.4. The molecule has 10 heteroatoms. The average Bonchev–Trinajstić information content (AvgIpc) is 3.68. The van der Waals surface area contributed by atoms with Crippen molar-refractivity contribution in [2.24, 2.45) is 5.73 Å². The predicted octanol–water partition coefficient (Wildman–Crippen LogP) is 23.5. The number of ether oxygens (including phenoxy) is 2. The summed E-state index contributed by atoms with van der Waals surface area (Å²) in [4.78, 5) is 35.3. The molecular formula is C79H128NO8P. The summed E-state index contributed by atoms with van der Waals surface area (Å²) in [6.07, 6.45) is 108. The van der Waals surface area contributed by atoms with Crippen LogP contribution < -0.4 is 5.73 Å². The molecule has 0 aromatic carbocycles. The summed E-state index contributed by atoms with van der Waals surface area (Å²) in [6.45, 7) is 3.56. The lowest BCUT2D eigenvalue weighted by Crippen LogP contribution is -2.29. The zero-order valence-electron chi connectivity index (χ0n) is 56.3. The Morgan fingerprint density at radius 2 is 0.618 bits per heavy atom. The van der Waals surface area contributed by atoms with E-state index in [0.717, 1.165) is 128 Å². The number of unbranched alkanes of at least 4 members (excludes halogenated alkanes) is 21. The van der Waals surface area contributed by atoms with E-state index in [4.69, 9.17) is 24.3 Å². The van der Waals surface area contributed by atoms with E-state index >= 15 is 0 Å². The van der Waals surface area contributed by atoms with Gasteiger partial charge in [-0.3, -0.25) is 18.6 Å². The second-order valence-corrected chi connectivity index (χ2v) is 24.1. The van der Waals surface area contributed by atoms with Gasteiger partial charge in [-0.1, -0.05) is 299 Å². The number of carbonyl (C=O) groups is 2. The fraction of sp³-hybridized carbons (Fsp3) is 0.595. The first kappa shape index (κ1) is 84.1. The van der Waals surface area contributed by atoms with Gasteiger partial charge in [0.1, 0.15) is 6.61 Å². The highest BCUT2D eigenvalue weighted by Crippen LogP contribution is 2.43. The Labute approximate surface area is 545 Å². The molecule has 0 heterocycles. The smallest absolute Gasteiger partial charge is 0.462 e. The molecule has 0 rings (SSSR count). The van der Waals surface area contributed by atoms with Crippen molar-refractivity contribution in [1.82, 2.24) is 0 Å². The lowest BCUT2D eigenvalue weighted by molar-refractivity contribution is -0.161. The third-order valence-corrected chi connectivity index (χ3v) is 15.3. The van der Waals surface area contributed by atoms with Gasteiger partial charge in [0.05, 0.1) is 13.2 Å². The van der Waals surface area contributed by atoms with Gasteiger partial charge in [-0.2, -0.15) is 0 Å². The molecule has 0 radical (unpaired) electrons. The van der Waals surface area contributed by atoms with Crippen LogP contribution in [0.25, 0.3) is 0 Å². The molecule has 3 N–H and O–H groups in total. The molecule has 0 fully saturated rings. The first-order valence-electron chi connectivity index (χ1n) is 35.3. The van der Waals surface area contributed by atoms with E-state index in [1.165, 1.54) is 109 Å². The Hall–Kier alpha value is -4.89. The first-order chi connectivity index (χ1) is 43.8. The number of phosphoric acid groups is 1. The predicted molar refractivity (Wildman–Crippen MR) is 385 cm³/mol. The topological polar surface area (TPSA) is 134 Å². The zero-order valence-corrected chi connectivity index (χ0v) is 57.2. The van der Waals surface area contributed by atoms with Gasteiger partial charge < -0.3 is 20.1 Å². The Balaban J connectivity index is 4.05. The van der Waals surface area contributed by atoms with Gasteiger partial charge in [-0.15, -0.1) is 0 Å². The summed E-state index contributed by atoms with van der Waals surface area (Å²) in [7, 11) is -4.42. The largest absolute Gasteiger partial charge is 0.472 e. The number of rotatable bonds is 64. The van der Waals surface area contributed by atoms with Gasteiger partial charge in [0.25, 0.3) is 0 Å².